The molecule has 0 aliphatic heterocycles. The number of sulfonamides is 1. The van der Waals surface area contributed by atoms with Gasteiger partial charge in [0.25, 0.3) is 5.69 Å². The van der Waals surface area contributed by atoms with Gasteiger partial charge in [-0.3, -0.25) is 14.9 Å². The molecular weight excluding hydrogens is 394 g/mol. The standard InChI is InChI=1S/C20H25N3O5S/c1-5-22(6-2)29(27,28)18-10-7-16(8-11-18)14(3)21-19-12-9-17(15(4)24)13-20(19)23(25)26/h7-14,21H,5-6H2,1-4H3. The highest BCUT2D eigenvalue weighted by atomic mass is 32.2. The summed E-state index contributed by atoms with van der Waals surface area (Å²) >= 11 is 0. The molecule has 0 aliphatic rings. The predicted molar refractivity (Wildman–Crippen MR) is 112 cm³/mol. The Balaban J connectivity index is 2.27. The highest BCUT2D eigenvalue weighted by Crippen LogP contribution is 2.30. The Morgan fingerprint density at radius 2 is 1.72 bits per heavy atom. The molecule has 0 bridgehead atoms. The first-order chi connectivity index (χ1) is 13.6. The van der Waals surface area contributed by atoms with Crippen LogP contribution in [0.15, 0.2) is 47.4 Å². The molecule has 2 aromatic carbocycles. The molecule has 1 unspecified atom stereocenters. The van der Waals surface area contributed by atoms with Gasteiger partial charge in [-0.15, -0.1) is 0 Å². The molecule has 0 saturated carbocycles. The van der Waals surface area contributed by atoms with Crippen molar-refractivity contribution in [3.05, 3.63) is 63.7 Å². The van der Waals surface area contributed by atoms with Crippen molar-refractivity contribution in [1.29, 1.82) is 0 Å². The van der Waals surface area contributed by atoms with Crippen molar-refractivity contribution < 1.29 is 18.1 Å². The summed E-state index contributed by atoms with van der Waals surface area (Å²) in [5.41, 5.74) is 1.13. The Bertz CT molecular complexity index is 999. The zero-order valence-corrected chi connectivity index (χ0v) is 17.7. The molecule has 0 spiro atoms. The van der Waals surface area contributed by atoms with Crippen LogP contribution in [0.4, 0.5) is 11.4 Å². The fraction of sp³-hybridized carbons (Fsp3) is 0.350. The number of hydrogen-bond donors (Lipinski definition) is 1. The summed E-state index contributed by atoms with van der Waals surface area (Å²) in [5.74, 6) is -0.252. The molecule has 9 heteroatoms. The van der Waals surface area contributed by atoms with E-state index in [1.165, 1.54) is 41.6 Å². The second-order valence-corrected chi connectivity index (χ2v) is 8.51. The number of nitrogens with zero attached hydrogens (tertiary/aromatic N) is 2. The van der Waals surface area contributed by atoms with Crippen molar-refractivity contribution >= 4 is 27.2 Å². The maximum Gasteiger partial charge on any atom is 0.293 e. The van der Waals surface area contributed by atoms with E-state index in [-0.39, 0.29) is 33.7 Å². The minimum atomic E-state index is -3.54. The lowest BCUT2D eigenvalue weighted by molar-refractivity contribution is -0.384. The second-order valence-electron chi connectivity index (χ2n) is 6.57. The summed E-state index contributed by atoms with van der Waals surface area (Å²) in [6, 6.07) is 10.4. The van der Waals surface area contributed by atoms with Gasteiger partial charge in [-0.1, -0.05) is 26.0 Å². The molecule has 1 atom stereocenters. The van der Waals surface area contributed by atoms with E-state index in [1.54, 1.807) is 26.0 Å². The van der Waals surface area contributed by atoms with Crippen LogP contribution >= 0.6 is 0 Å². The second kappa shape index (κ2) is 9.15. The van der Waals surface area contributed by atoms with Crippen molar-refractivity contribution in [1.82, 2.24) is 4.31 Å². The van der Waals surface area contributed by atoms with Gasteiger partial charge < -0.3 is 5.32 Å². The minimum Gasteiger partial charge on any atom is -0.373 e. The summed E-state index contributed by atoms with van der Waals surface area (Å²) in [6.07, 6.45) is 0. The Labute approximate surface area is 170 Å². The molecule has 156 valence electrons. The normalized spacial score (nSPS) is 12.6. The highest BCUT2D eigenvalue weighted by molar-refractivity contribution is 7.89. The SMILES string of the molecule is CCN(CC)S(=O)(=O)c1ccc(C(C)Nc2ccc(C(C)=O)cc2[N+](=O)[O-])cc1. The van der Waals surface area contributed by atoms with Crippen molar-refractivity contribution in [3.63, 3.8) is 0 Å². The number of anilines is 1. The van der Waals surface area contributed by atoms with E-state index in [4.69, 9.17) is 0 Å². The number of benzene rings is 2. The summed E-state index contributed by atoms with van der Waals surface area (Å²) in [7, 11) is -3.54. The van der Waals surface area contributed by atoms with Crippen LogP contribution in [0.25, 0.3) is 0 Å². The number of rotatable bonds is 9. The predicted octanol–water partition coefficient (Wildman–Crippen LogP) is 4.00. The number of carbonyl (C=O) groups is 1. The molecule has 29 heavy (non-hydrogen) atoms. The fourth-order valence-corrected chi connectivity index (χ4v) is 4.44. The van der Waals surface area contributed by atoms with E-state index in [2.05, 4.69) is 5.32 Å². The van der Waals surface area contributed by atoms with Crippen LogP contribution in [-0.4, -0.2) is 36.5 Å². The van der Waals surface area contributed by atoms with Crippen molar-refractivity contribution in [2.75, 3.05) is 18.4 Å². The van der Waals surface area contributed by atoms with E-state index in [0.717, 1.165) is 5.56 Å². The summed E-state index contributed by atoms with van der Waals surface area (Å²) in [5, 5.41) is 14.4. The van der Waals surface area contributed by atoms with Crippen LogP contribution in [0.5, 0.6) is 0 Å². The van der Waals surface area contributed by atoms with Gasteiger partial charge in [0.1, 0.15) is 5.69 Å². The Morgan fingerprint density at radius 3 is 2.21 bits per heavy atom. The number of ketones is 1. The molecule has 1 N–H and O–H groups in total. The topological polar surface area (TPSA) is 110 Å². The minimum absolute atomic E-state index is 0.190. The summed E-state index contributed by atoms with van der Waals surface area (Å²) in [6.45, 7) is 7.51. The van der Waals surface area contributed by atoms with Gasteiger partial charge in [-0.05, 0) is 43.7 Å². The number of nitro groups is 1. The highest BCUT2D eigenvalue weighted by Gasteiger charge is 2.22. The van der Waals surface area contributed by atoms with Crippen LogP contribution in [0.2, 0.25) is 0 Å². The van der Waals surface area contributed by atoms with Crippen LogP contribution in [0.3, 0.4) is 0 Å². The van der Waals surface area contributed by atoms with Crippen LogP contribution in [0, 0.1) is 10.1 Å². The van der Waals surface area contributed by atoms with Gasteiger partial charge >= 0.3 is 0 Å². The van der Waals surface area contributed by atoms with E-state index < -0.39 is 14.9 Å². The first-order valence-electron chi connectivity index (χ1n) is 9.27. The lowest BCUT2D eigenvalue weighted by Gasteiger charge is -2.20. The monoisotopic (exact) mass is 419 g/mol. The molecule has 8 nitrogen and oxygen atoms in total. The molecule has 2 aromatic rings. The molecule has 0 aliphatic carbocycles. The Hall–Kier alpha value is -2.78. The molecule has 0 radical (unpaired) electrons. The molecule has 0 amide bonds. The number of nitrogens with one attached hydrogen (secondary N) is 1. The molecule has 0 fully saturated rings. The first kappa shape index (κ1) is 22.5. The third-order valence-corrected chi connectivity index (χ3v) is 6.76. The Kier molecular flexibility index (Phi) is 7.10. The molecule has 0 aromatic heterocycles. The van der Waals surface area contributed by atoms with Gasteiger partial charge in [0.2, 0.25) is 10.0 Å². The maximum absolute atomic E-state index is 12.6. The van der Waals surface area contributed by atoms with E-state index in [1.807, 2.05) is 6.92 Å². The number of hydrogen-bond acceptors (Lipinski definition) is 6. The quantitative estimate of drug-likeness (QED) is 0.374. The van der Waals surface area contributed by atoms with Gasteiger partial charge in [-0.25, -0.2) is 8.42 Å². The summed E-state index contributed by atoms with van der Waals surface area (Å²) < 4.78 is 26.5. The van der Waals surface area contributed by atoms with Gasteiger partial charge in [-0.2, -0.15) is 4.31 Å². The average Bonchev–Trinajstić information content (AvgIpc) is 2.68. The lowest BCUT2D eigenvalue weighted by atomic mass is 10.1. The number of Topliss-reactive ketones (excluding diaryl/α,β-unsaturated/α-hetero) is 1. The zero-order chi connectivity index (χ0) is 21.8. The zero-order valence-electron chi connectivity index (χ0n) is 16.9. The largest absolute Gasteiger partial charge is 0.373 e. The lowest BCUT2D eigenvalue weighted by Crippen LogP contribution is -2.30. The third kappa shape index (κ3) is 4.99. The van der Waals surface area contributed by atoms with Crippen LogP contribution < -0.4 is 5.32 Å². The molecule has 2 rings (SSSR count). The van der Waals surface area contributed by atoms with Crippen LogP contribution in [-0.2, 0) is 10.0 Å². The van der Waals surface area contributed by atoms with Crippen LogP contribution in [0.1, 0.15) is 49.7 Å². The molecule has 0 heterocycles. The van der Waals surface area contributed by atoms with Crippen molar-refractivity contribution in [2.45, 2.75) is 38.6 Å². The maximum atomic E-state index is 12.6. The molecular formula is C20H25N3O5S. The van der Waals surface area contributed by atoms with Crippen molar-refractivity contribution in [2.24, 2.45) is 0 Å². The number of nitro benzene ring substituents is 1. The first-order valence-corrected chi connectivity index (χ1v) is 10.7. The fourth-order valence-electron chi connectivity index (χ4n) is 2.98. The molecule has 0 saturated heterocycles. The van der Waals surface area contributed by atoms with E-state index in [9.17, 15) is 23.3 Å². The average molecular weight is 420 g/mol. The third-order valence-electron chi connectivity index (χ3n) is 4.70. The van der Waals surface area contributed by atoms with E-state index in [0.29, 0.717) is 13.1 Å². The van der Waals surface area contributed by atoms with E-state index >= 15 is 0 Å². The van der Waals surface area contributed by atoms with Gasteiger partial charge in [0.05, 0.1) is 9.82 Å². The van der Waals surface area contributed by atoms with Gasteiger partial charge in [0.15, 0.2) is 5.78 Å². The smallest absolute Gasteiger partial charge is 0.293 e. The summed E-state index contributed by atoms with van der Waals surface area (Å²) in [4.78, 5) is 22.5. The van der Waals surface area contributed by atoms with Crippen molar-refractivity contribution in [3.8, 4) is 0 Å². The number of carbonyl (C=O) groups excluding carboxylic acids is 1. The Morgan fingerprint density at radius 1 is 1.14 bits per heavy atom. The van der Waals surface area contributed by atoms with Gasteiger partial charge in [0, 0.05) is 30.8 Å².